The van der Waals surface area contributed by atoms with Gasteiger partial charge in [-0.3, -0.25) is 14.6 Å². The molecule has 7 nitrogen and oxygen atoms in total. The highest BCUT2D eigenvalue weighted by molar-refractivity contribution is 6.42. The molecule has 2 aliphatic heterocycles. The van der Waals surface area contributed by atoms with Crippen LogP contribution in [0.5, 0.6) is 11.5 Å². The minimum atomic E-state index is -0.750. The highest BCUT2D eigenvalue weighted by Crippen LogP contribution is 2.43. The average molecular weight is 508 g/mol. The van der Waals surface area contributed by atoms with Gasteiger partial charge in [0, 0.05) is 44.4 Å². The number of nitrogens with zero attached hydrogens (tertiary/aromatic N) is 2. The molecule has 0 radical (unpaired) electrons. The van der Waals surface area contributed by atoms with Crippen LogP contribution in [0.25, 0.3) is 0 Å². The minimum absolute atomic E-state index is 0.225. The molecule has 0 aromatic heterocycles. The molecule has 0 bridgehead atoms. The van der Waals surface area contributed by atoms with Crippen molar-refractivity contribution in [1.82, 2.24) is 9.80 Å². The van der Waals surface area contributed by atoms with Gasteiger partial charge >= 0.3 is 0 Å². The molecule has 3 N–H and O–H groups in total. The van der Waals surface area contributed by atoms with E-state index >= 15 is 0 Å². The van der Waals surface area contributed by atoms with Gasteiger partial charge in [-0.15, -0.1) is 0 Å². The number of carbonyl (C=O) groups is 1. The summed E-state index contributed by atoms with van der Waals surface area (Å²) in [6, 6.07) is 7.18. The van der Waals surface area contributed by atoms with E-state index in [4.69, 9.17) is 38.4 Å². The molecule has 3 unspecified atom stereocenters. The van der Waals surface area contributed by atoms with Gasteiger partial charge in [0.2, 0.25) is 5.91 Å². The van der Waals surface area contributed by atoms with Crippen LogP contribution in [0.3, 0.4) is 0 Å². The molecular weight excluding hydrogens is 477 g/mol. The molecule has 1 saturated heterocycles. The summed E-state index contributed by atoms with van der Waals surface area (Å²) in [7, 11) is 0. The van der Waals surface area contributed by atoms with E-state index in [0.717, 1.165) is 22.3 Å². The summed E-state index contributed by atoms with van der Waals surface area (Å²) in [4.78, 5) is 16.7. The number of piperazine rings is 1. The Balaban J connectivity index is 1.37. The van der Waals surface area contributed by atoms with Gasteiger partial charge in [-0.05, 0) is 37.5 Å². The van der Waals surface area contributed by atoms with Crippen molar-refractivity contribution >= 4 is 29.1 Å². The molecule has 1 fully saturated rings. The Morgan fingerprint density at radius 1 is 1.18 bits per heavy atom. The summed E-state index contributed by atoms with van der Waals surface area (Å²) in [6.07, 6.45) is -1.27. The predicted octanol–water partition coefficient (Wildman–Crippen LogP) is 3.26. The van der Waals surface area contributed by atoms with Crippen LogP contribution in [0.15, 0.2) is 24.3 Å². The summed E-state index contributed by atoms with van der Waals surface area (Å²) in [5.41, 5.74) is 9.68. The smallest absolute Gasteiger partial charge is 0.239 e. The maximum Gasteiger partial charge on any atom is 0.239 e. The number of amides is 1. The fraction of sp³-hybridized carbons (Fsp3) is 0.480. The molecule has 3 atom stereocenters. The fourth-order valence-corrected chi connectivity index (χ4v) is 5.26. The normalized spacial score (nSPS) is 20.7. The van der Waals surface area contributed by atoms with E-state index in [1.165, 1.54) is 0 Å². The lowest BCUT2D eigenvalue weighted by Crippen LogP contribution is -2.54. The second-order valence-electron chi connectivity index (χ2n) is 9.11. The summed E-state index contributed by atoms with van der Waals surface area (Å²) in [5, 5.41) is 11.7. The number of aliphatic hydroxyl groups is 1. The van der Waals surface area contributed by atoms with Gasteiger partial charge in [0.15, 0.2) is 17.6 Å². The predicted molar refractivity (Wildman–Crippen MR) is 133 cm³/mol. The number of carbonyl (C=O) groups excluding carboxylic acids is 1. The topological polar surface area (TPSA) is 88.3 Å². The second kappa shape index (κ2) is 10.3. The van der Waals surface area contributed by atoms with Crippen LogP contribution in [-0.2, 0) is 4.79 Å². The minimum Gasteiger partial charge on any atom is -0.485 e. The Morgan fingerprint density at radius 2 is 1.82 bits per heavy atom. The van der Waals surface area contributed by atoms with Crippen molar-refractivity contribution in [2.45, 2.75) is 39.0 Å². The van der Waals surface area contributed by atoms with Gasteiger partial charge in [-0.2, -0.15) is 0 Å². The number of benzene rings is 2. The SMILES string of the molecule is Cc1cccc(C)c1C(C(N)=O)N1CCN(CC(O)C2COc3c(cc(Cl)c(Cl)c3C)O2)CC1. The van der Waals surface area contributed by atoms with Gasteiger partial charge in [0.05, 0.1) is 10.0 Å². The molecule has 2 aromatic carbocycles. The first-order valence-corrected chi connectivity index (χ1v) is 12.2. The monoisotopic (exact) mass is 507 g/mol. The molecule has 0 aliphatic carbocycles. The number of primary amides is 1. The first-order valence-electron chi connectivity index (χ1n) is 11.4. The highest BCUT2D eigenvalue weighted by Gasteiger charge is 2.34. The molecule has 9 heteroatoms. The summed E-state index contributed by atoms with van der Waals surface area (Å²) >= 11 is 12.4. The summed E-state index contributed by atoms with van der Waals surface area (Å²) in [5.74, 6) is 0.715. The van der Waals surface area contributed by atoms with Crippen molar-refractivity contribution in [1.29, 1.82) is 0 Å². The Bertz CT molecular complexity index is 1050. The number of ether oxygens (including phenoxy) is 2. The van der Waals surface area contributed by atoms with E-state index in [1.54, 1.807) is 6.07 Å². The first kappa shape index (κ1) is 25.1. The molecule has 0 spiro atoms. The van der Waals surface area contributed by atoms with E-state index in [0.29, 0.717) is 54.3 Å². The zero-order valence-electron chi connectivity index (χ0n) is 19.7. The molecule has 0 saturated carbocycles. The Labute approximate surface area is 210 Å². The van der Waals surface area contributed by atoms with Crippen LogP contribution in [0, 0.1) is 20.8 Å². The lowest BCUT2D eigenvalue weighted by Gasteiger charge is -2.40. The van der Waals surface area contributed by atoms with Crippen molar-refractivity contribution in [3.8, 4) is 11.5 Å². The number of aliphatic hydroxyl groups excluding tert-OH is 1. The van der Waals surface area contributed by atoms with Crippen molar-refractivity contribution in [2.75, 3.05) is 39.3 Å². The molecule has 4 rings (SSSR count). The summed E-state index contributed by atoms with van der Waals surface area (Å²) < 4.78 is 11.9. The molecule has 1 amide bonds. The number of rotatable bonds is 6. The number of β-amino-alcohol motifs (C(OH)–C–C–N with tert-alkyl or cyclic N) is 1. The molecule has 184 valence electrons. The van der Waals surface area contributed by atoms with Gasteiger partial charge < -0.3 is 20.3 Å². The number of hydrogen-bond donors (Lipinski definition) is 2. The fourth-order valence-electron chi connectivity index (χ4n) is 4.88. The number of fused-ring (bicyclic) bond motifs is 1. The zero-order valence-corrected chi connectivity index (χ0v) is 21.2. The highest BCUT2D eigenvalue weighted by atomic mass is 35.5. The van der Waals surface area contributed by atoms with Gasteiger partial charge in [0.25, 0.3) is 0 Å². The van der Waals surface area contributed by atoms with E-state index in [2.05, 4.69) is 9.80 Å². The Kier molecular flexibility index (Phi) is 7.60. The van der Waals surface area contributed by atoms with Crippen LogP contribution in [0.1, 0.15) is 28.3 Å². The van der Waals surface area contributed by atoms with Crippen molar-refractivity contribution in [3.63, 3.8) is 0 Å². The van der Waals surface area contributed by atoms with Crippen LogP contribution in [0.2, 0.25) is 10.0 Å². The zero-order chi connectivity index (χ0) is 24.6. The lowest BCUT2D eigenvalue weighted by molar-refractivity contribution is -0.124. The third-order valence-electron chi connectivity index (χ3n) is 6.76. The maximum atomic E-state index is 12.4. The van der Waals surface area contributed by atoms with Crippen molar-refractivity contribution < 1.29 is 19.4 Å². The van der Waals surface area contributed by atoms with E-state index in [1.807, 2.05) is 39.0 Å². The third kappa shape index (κ3) is 4.99. The molecular formula is C25H31Cl2N3O4. The number of hydrogen-bond acceptors (Lipinski definition) is 6. The molecule has 2 aliphatic rings. The Morgan fingerprint density at radius 3 is 2.44 bits per heavy atom. The van der Waals surface area contributed by atoms with Crippen LogP contribution >= 0.6 is 23.2 Å². The molecule has 2 heterocycles. The standard InChI is InChI=1S/C25H31Cl2N3O4/c1-14-5-4-6-15(2)21(14)23(25(28)32)30-9-7-29(8-10-30)12-18(31)20-13-33-24-16(3)22(27)17(26)11-19(24)34-20/h4-6,11,18,20,23,31H,7-10,12-13H2,1-3H3,(H2,28,32). The third-order valence-corrected chi connectivity index (χ3v) is 7.64. The van der Waals surface area contributed by atoms with Crippen molar-refractivity contribution in [2.24, 2.45) is 5.73 Å². The largest absolute Gasteiger partial charge is 0.485 e. The lowest BCUT2D eigenvalue weighted by atomic mass is 9.94. The quantitative estimate of drug-likeness (QED) is 0.623. The Hall–Kier alpha value is -2.03. The van der Waals surface area contributed by atoms with Crippen molar-refractivity contribution in [3.05, 3.63) is 56.6 Å². The first-order chi connectivity index (χ1) is 16.2. The number of nitrogens with two attached hydrogens (primary N) is 1. The van der Waals surface area contributed by atoms with Gasteiger partial charge in [0.1, 0.15) is 18.8 Å². The van der Waals surface area contributed by atoms with Crippen LogP contribution in [-0.4, -0.2) is 72.4 Å². The number of halogens is 2. The van der Waals surface area contributed by atoms with E-state index in [-0.39, 0.29) is 12.5 Å². The van der Waals surface area contributed by atoms with E-state index < -0.39 is 18.2 Å². The number of aryl methyl sites for hydroxylation is 2. The van der Waals surface area contributed by atoms with Gasteiger partial charge in [-0.25, -0.2) is 0 Å². The molecule has 2 aromatic rings. The van der Waals surface area contributed by atoms with Gasteiger partial charge in [-0.1, -0.05) is 41.4 Å². The van der Waals surface area contributed by atoms with Crippen LogP contribution in [0.4, 0.5) is 0 Å². The molecule has 34 heavy (non-hydrogen) atoms. The van der Waals surface area contributed by atoms with Crippen LogP contribution < -0.4 is 15.2 Å². The second-order valence-corrected chi connectivity index (χ2v) is 9.89. The van der Waals surface area contributed by atoms with E-state index in [9.17, 15) is 9.90 Å². The summed E-state index contributed by atoms with van der Waals surface area (Å²) in [6.45, 7) is 9.26. The average Bonchev–Trinajstić information content (AvgIpc) is 2.80. The maximum absolute atomic E-state index is 12.4.